The number of aromatic nitrogens is 3. The highest BCUT2D eigenvalue weighted by atomic mass is 16.4. The van der Waals surface area contributed by atoms with Crippen LogP contribution in [0.3, 0.4) is 0 Å². The van der Waals surface area contributed by atoms with Crippen LogP contribution in [0.5, 0.6) is 0 Å². The summed E-state index contributed by atoms with van der Waals surface area (Å²) >= 11 is 0. The molecule has 88 valence electrons. The molecule has 0 aromatic carbocycles. The summed E-state index contributed by atoms with van der Waals surface area (Å²) in [6, 6.07) is 3.80. The molecule has 0 atom stereocenters. The van der Waals surface area contributed by atoms with Gasteiger partial charge in [-0.3, -0.25) is 0 Å². The molecule has 17 heavy (non-hydrogen) atoms. The van der Waals surface area contributed by atoms with E-state index >= 15 is 0 Å². The van der Waals surface area contributed by atoms with Gasteiger partial charge in [-0.05, 0) is 25.0 Å². The number of hydrogen-bond acceptors (Lipinski definition) is 3. The molecular weight excluding hydrogens is 218 g/mol. The van der Waals surface area contributed by atoms with E-state index in [0.29, 0.717) is 11.5 Å². The lowest BCUT2D eigenvalue weighted by Crippen LogP contribution is -2.04. The first-order valence-corrected chi connectivity index (χ1v) is 5.36. The second kappa shape index (κ2) is 4.37. The average molecular weight is 231 g/mol. The van der Waals surface area contributed by atoms with Gasteiger partial charge in [0.2, 0.25) is 0 Å². The van der Waals surface area contributed by atoms with E-state index in [0.717, 1.165) is 12.0 Å². The van der Waals surface area contributed by atoms with E-state index < -0.39 is 5.97 Å². The first-order chi connectivity index (χ1) is 8.13. The molecule has 5 heteroatoms. The molecule has 0 spiro atoms. The summed E-state index contributed by atoms with van der Waals surface area (Å²) in [5, 5.41) is 13.0. The topological polar surface area (TPSA) is 68.0 Å². The van der Waals surface area contributed by atoms with Gasteiger partial charge in [-0.25, -0.2) is 14.5 Å². The van der Waals surface area contributed by atoms with E-state index in [9.17, 15) is 4.79 Å². The van der Waals surface area contributed by atoms with Crippen LogP contribution < -0.4 is 0 Å². The number of aryl methyl sites for hydroxylation is 1. The molecule has 0 radical (unpaired) electrons. The van der Waals surface area contributed by atoms with Crippen molar-refractivity contribution in [1.82, 2.24) is 14.8 Å². The Labute approximate surface area is 98.7 Å². The molecule has 2 heterocycles. The molecule has 0 saturated carbocycles. The molecule has 0 aliphatic carbocycles. The van der Waals surface area contributed by atoms with Gasteiger partial charge in [0.15, 0.2) is 5.82 Å². The summed E-state index contributed by atoms with van der Waals surface area (Å²) in [6.45, 7) is 3.77. The largest absolute Gasteiger partial charge is 0.478 e. The van der Waals surface area contributed by atoms with Crippen LogP contribution in [0.2, 0.25) is 0 Å². The quantitative estimate of drug-likeness (QED) is 0.875. The monoisotopic (exact) mass is 231 g/mol. The van der Waals surface area contributed by atoms with Gasteiger partial charge in [0.25, 0.3) is 0 Å². The van der Waals surface area contributed by atoms with Crippen LogP contribution in [0.4, 0.5) is 0 Å². The number of carboxylic acid groups (broad SMARTS) is 1. The van der Waals surface area contributed by atoms with Crippen LogP contribution in [-0.4, -0.2) is 25.8 Å². The van der Waals surface area contributed by atoms with E-state index in [2.05, 4.69) is 17.0 Å². The molecule has 0 bridgehead atoms. The third-order valence-corrected chi connectivity index (χ3v) is 2.67. The minimum Gasteiger partial charge on any atom is -0.478 e. The van der Waals surface area contributed by atoms with Crippen LogP contribution in [0.1, 0.15) is 28.5 Å². The first kappa shape index (κ1) is 11.3. The van der Waals surface area contributed by atoms with Crippen molar-refractivity contribution in [3.8, 4) is 5.82 Å². The van der Waals surface area contributed by atoms with Crippen molar-refractivity contribution >= 4 is 5.97 Å². The van der Waals surface area contributed by atoms with Gasteiger partial charge in [-0.2, -0.15) is 5.10 Å². The predicted octanol–water partition coefficient (Wildman–Crippen LogP) is 1.84. The standard InChI is InChI=1S/C12H13N3O2/c1-3-9-4-5-11(13-6-9)15-8(2)10(7-14-15)12(16)17/h4-7H,3H2,1-2H3,(H,16,17). The van der Waals surface area contributed by atoms with Gasteiger partial charge in [-0.15, -0.1) is 0 Å². The molecule has 0 aliphatic heterocycles. The van der Waals surface area contributed by atoms with E-state index in [1.54, 1.807) is 13.1 Å². The maximum atomic E-state index is 10.9. The third kappa shape index (κ3) is 2.04. The number of nitrogens with zero attached hydrogens (tertiary/aromatic N) is 3. The zero-order valence-corrected chi connectivity index (χ0v) is 9.71. The second-order valence-electron chi connectivity index (χ2n) is 3.74. The zero-order valence-electron chi connectivity index (χ0n) is 9.71. The van der Waals surface area contributed by atoms with Gasteiger partial charge >= 0.3 is 5.97 Å². The Morgan fingerprint density at radius 1 is 1.41 bits per heavy atom. The summed E-state index contributed by atoms with van der Waals surface area (Å²) in [6.07, 6.45) is 4.04. The van der Waals surface area contributed by atoms with Crippen LogP contribution in [0, 0.1) is 6.92 Å². The Morgan fingerprint density at radius 2 is 2.18 bits per heavy atom. The highest BCUT2D eigenvalue weighted by Crippen LogP contribution is 2.12. The van der Waals surface area contributed by atoms with Gasteiger partial charge < -0.3 is 5.11 Å². The zero-order chi connectivity index (χ0) is 12.4. The molecule has 0 unspecified atom stereocenters. The predicted molar refractivity (Wildman–Crippen MR) is 62.4 cm³/mol. The summed E-state index contributed by atoms with van der Waals surface area (Å²) in [4.78, 5) is 15.2. The van der Waals surface area contributed by atoms with Crippen molar-refractivity contribution in [2.75, 3.05) is 0 Å². The Morgan fingerprint density at radius 3 is 2.65 bits per heavy atom. The Kier molecular flexibility index (Phi) is 2.91. The minimum absolute atomic E-state index is 0.200. The van der Waals surface area contributed by atoms with Crippen molar-refractivity contribution in [3.05, 3.63) is 41.3 Å². The second-order valence-corrected chi connectivity index (χ2v) is 3.74. The van der Waals surface area contributed by atoms with E-state index in [4.69, 9.17) is 5.11 Å². The fourth-order valence-electron chi connectivity index (χ4n) is 1.60. The SMILES string of the molecule is CCc1ccc(-n2ncc(C(=O)O)c2C)nc1. The molecule has 5 nitrogen and oxygen atoms in total. The molecule has 2 rings (SSSR count). The smallest absolute Gasteiger partial charge is 0.339 e. The van der Waals surface area contributed by atoms with Crippen LogP contribution in [0.15, 0.2) is 24.5 Å². The summed E-state index contributed by atoms with van der Waals surface area (Å²) < 4.78 is 1.53. The molecule has 0 amide bonds. The number of hydrogen-bond donors (Lipinski definition) is 1. The number of aromatic carboxylic acids is 1. The maximum absolute atomic E-state index is 10.9. The molecule has 0 saturated heterocycles. The van der Waals surface area contributed by atoms with Crippen LogP contribution >= 0.6 is 0 Å². The maximum Gasteiger partial charge on any atom is 0.339 e. The van der Waals surface area contributed by atoms with Crippen molar-refractivity contribution in [3.63, 3.8) is 0 Å². The number of carboxylic acids is 1. The number of pyridine rings is 1. The lowest BCUT2D eigenvalue weighted by molar-refractivity contribution is 0.0696. The molecular formula is C12H13N3O2. The molecule has 0 fully saturated rings. The average Bonchev–Trinajstić information content (AvgIpc) is 2.71. The van der Waals surface area contributed by atoms with Crippen molar-refractivity contribution in [2.24, 2.45) is 0 Å². The van der Waals surface area contributed by atoms with Crippen molar-refractivity contribution < 1.29 is 9.90 Å². The Balaban J connectivity index is 2.42. The highest BCUT2D eigenvalue weighted by molar-refractivity contribution is 5.88. The molecule has 1 N–H and O–H groups in total. The fourth-order valence-corrected chi connectivity index (χ4v) is 1.60. The fraction of sp³-hybridized carbons (Fsp3) is 0.250. The first-order valence-electron chi connectivity index (χ1n) is 5.36. The van der Waals surface area contributed by atoms with Crippen LogP contribution in [-0.2, 0) is 6.42 Å². The van der Waals surface area contributed by atoms with Crippen LogP contribution in [0.25, 0.3) is 5.82 Å². The van der Waals surface area contributed by atoms with E-state index in [1.165, 1.54) is 10.9 Å². The number of rotatable bonds is 3. The van der Waals surface area contributed by atoms with Gasteiger partial charge in [0.05, 0.1) is 11.9 Å². The van der Waals surface area contributed by atoms with Gasteiger partial charge in [0.1, 0.15) is 5.56 Å². The lowest BCUT2D eigenvalue weighted by Gasteiger charge is -2.04. The molecule has 2 aromatic heterocycles. The third-order valence-electron chi connectivity index (χ3n) is 2.67. The molecule has 2 aromatic rings. The summed E-state index contributed by atoms with van der Waals surface area (Å²) in [5.74, 6) is -0.342. The number of carbonyl (C=O) groups is 1. The molecule has 0 aliphatic rings. The van der Waals surface area contributed by atoms with E-state index in [-0.39, 0.29) is 5.56 Å². The van der Waals surface area contributed by atoms with Crippen molar-refractivity contribution in [2.45, 2.75) is 20.3 Å². The van der Waals surface area contributed by atoms with Gasteiger partial charge in [0, 0.05) is 6.20 Å². The minimum atomic E-state index is -0.973. The normalized spacial score (nSPS) is 10.5. The Hall–Kier alpha value is -2.17. The lowest BCUT2D eigenvalue weighted by atomic mass is 10.2. The van der Waals surface area contributed by atoms with Gasteiger partial charge in [-0.1, -0.05) is 13.0 Å². The summed E-state index contributed by atoms with van der Waals surface area (Å²) in [7, 11) is 0. The van der Waals surface area contributed by atoms with E-state index in [1.807, 2.05) is 12.1 Å². The summed E-state index contributed by atoms with van der Waals surface area (Å²) in [5.41, 5.74) is 1.91. The highest BCUT2D eigenvalue weighted by Gasteiger charge is 2.14. The Bertz CT molecular complexity index is 543. The van der Waals surface area contributed by atoms with Crippen molar-refractivity contribution in [1.29, 1.82) is 0 Å².